The van der Waals surface area contributed by atoms with E-state index < -0.39 is 0 Å². The highest BCUT2D eigenvalue weighted by Gasteiger charge is 2.54. The molecule has 4 rings (SSSR count). The molecule has 0 radical (unpaired) electrons. The molecule has 2 saturated carbocycles. The number of nitrogens with one attached hydrogen (secondary N) is 1. The predicted octanol–water partition coefficient (Wildman–Crippen LogP) is 3.97. The number of amides is 1. The van der Waals surface area contributed by atoms with Crippen LogP contribution in [0.5, 0.6) is 0 Å². The van der Waals surface area contributed by atoms with Gasteiger partial charge in [0.05, 0.1) is 0 Å². The van der Waals surface area contributed by atoms with Gasteiger partial charge in [-0.15, -0.1) is 0 Å². The number of carbonyl (C=O) groups excluding carboxylic acids is 1. The van der Waals surface area contributed by atoms with Crippen LogP contribution in [0.1, 0.15) is 25.7 Å². The maximum atomic E-state index is 12.1. The topological polar surface area (TPSA) is 29.1 Å². The molecule has 2 nitrogen and oxygen atoms in total. The number of anilines is 1. The van der Waals surface area contributed by atoms with E-state index in [2.05, 4.69) is 29.6 Å². The third kappa shape index (κ3) is 1.92. The van der Waals surface area contributed by atoms with E-state index in [0.717, 1.165) is 18.5 Å². The van der Waals surface area contributed by atoms with E-state index >= 15 is 0 Å². The lowest BCUT2D eigenvalue weighted by Crippen LogP contribution is -2.35. The third-order valence-electron chi connectivity index (χ3n) is 4.70. The average Bonchev–Trinajstić information content (AvgIpc) is 3.17. The van der Waals surface area contributed by atoms with Crippen LogP contribution in [0, 0.1) is 11.3 Å². The van der Waals surface area contributed by atoms with Gasteiger partial charge in [-0.1, -0.05) is 30.3 Å². The fourth-order valence-corrected chi connectivity index (χ4v) is 3.27. The zero-order valence-corrected chi connectivity index (χ0v) is 10.9. The van der Waals surface area contributed by atoms with Crippen LogP contribution in [-0.4, -0.2) is 5.91 Å². The number of fused-ring (bicyclic) bond motifs is 1. The highest BCUT2D eigenvalue weighted by molar-refractivity contribution is 5.96. The van der Waals surface area contributed by atoms with E-state index in [9.17, 15) is 4.79 Å². The summed E-state index contributed by atoms with van der Waals surface area (Å²) in [5.41, 5.74) is 1.51. The number of hydrogen-bond acceptors (Lipinski definition) is 1. The lowest BCUT2D eigenvalue weighted by molar-refractivity contribution is -0.124. The first kappa shape index (κ1) is 11.0. The molecule has 19 heavy (non-hydrogen) atoms. The molecule has 1 spiro atoms. The van der Waals surface area contributed by atoms with Gasteiger partial charge in [-0.25, -0.2) is 0 Å². The van der Waals surface area contributed by atoms with Crippen molar-refractivity contribution in [1.82, 2.24) is 0 Å². The van der Waals surface area contributed by atoms with Crippen LogP contribution >= 0.6 is 0 Å². The van der Waals surface area contributed by atoms with Gasteiger partial charge in [-0.05, 0) is 54.0 Å². The van der Waals surface area contributed by atoms with Crippen LogP contribution in [0.15, 0.2) is 42.5 Å². The van der Waals surface area contributed by atoms with Crippen molar-refractivity contribution in [3.8, 4) is 0 Å². The van der Waals surface area contributed by atoms with Crippen molar-refractivity contribution in [2.24, 2.45) is 11.3 Å². The minimum Gasteiger partial charge on any atom is -0.326 e. The van der Waals surface area contributed by atoms with Crippen molar-refractivity contribution in [3.63, 3.8) is 0 Å². The highest BCUT2D eigenvalue weighted by Crippen LogP contribution is 2.63. The largest absolute Gasteiger partial charge is 0.326 e. The van der Waals surface area contributed by atoms with E-state index in [1.54, 1.807) is 0 Å². The summed E-state index contributed by atoms with van der Waals surface area (Å²) in [6.45, 7) is 0. The smallest absolute Gasteiger partial charge is 0.227 e. The average molecular weight is 251 g/mol. The second-order valence-electron chi connectivity index (χ2n) is 6.16. The van der Waals surface area contributed by atoms with Crippen LogP contribution in [0.3, 0.4) is 0 Å². The zero-order valence-electron chi connectivity index (χ0n) is 10.9. The van der Waals surface area contributed by atoms with Gasteiger partial charge in [0.1, 0.15) is 0 Å². The first-order valence-corrected chi connectivity index (χ1v) is 7.04. The molecule has 2 fully saturated rings. The molecule has 0 aromatic heterocycles. The molecular weight excluding hydrogens is 234 g/mol. The lowest BCUT2D eigenvalue weighted by atomic mass is 9.71. The second kappa shape index (κ2) is 3.83. The normalized spacial score (nSPS) is 20.2. The Morgan fingerprint density at radius 3 is 2.53 bits per heavy atom. The summed E-state index contributed by atoms with van der Waals surface area (Å²) < 4.78 is 0. The van der Waals surface area contributed by atoms with E-state index in [0.29, 0.717) is 5.41 Å². The Morgan fingerprint density at radius 1 is 1.05 bits per heavy atom. The van der Waals surface area contributed by atoms with Gasteiger partial charge >= 0.3 is 0 Å². The predicted molar refractivity (Wildman–Crippen MR) is 77.0 cm³/mol. The quantitative estimate of drug-likeness (QED) is 0.859. The molecule has 0 heterocycles. The molecule has 0 bridgehead atoms. The molecule has 2 heteroatoms. The Labute approximate surface area is 112 Å². The highest BCUT2D eigenvalue weighted by atomic mass is 16.1. The Bertz CT molecular complexity index is 649. The van der Waals surface area contributed by atoms with E-state index in [1.807, 2.05) is 18.2 Å². The molecule has 0 unspecified atom stereocenters. The van der Waals surface area contributed by atoms with Crippen molar-refractivity contribution in [2.75, 3.05) is 5.32 Å². The molecule has 0 atom stereocenters. The second-order valence-corrected chi connectivity index (χ2v) is 6.16. The summed E-state index contributed by atoms with van der Waals surface area (Å²) in [6, 6.07) is 14.3. The van der Waals surface area contributed by atoms with Crippen molar-refractivity contribution in [1.29, 1.82) is 0 Å². The van der Waals surface area contributed by atoms with Crippen molar-refractivity contribution >= 4 is 22.4 Å². The zero-order chi connectivity index (χ0) is 12.9. The van der Waals surface area contributed by atoms with Gasteiger partial charge in [0.15, 0.2) is 0 Å². The third-order valence-corrected chi connectivity index (χ3v) is 4.70. The fourth-order valence-electron chi connectivity index (χ4n) is 3.27. The minimum absolute atomic E-state index is 0.202. The van der Waals surface area contributed by atoms with Crippen LogP contribution in [0.4, 0.5) is 5.69 Å². The Hall–Kier alpha value is -1.83. The van der Waals surface area contributed by atoms with Gasteiger partial charge in [0.2, 0.25) is 5.91 Å². The molecule has 1 amide bonds. The maximum Gasteiger partial charge on any atom is 0.227 e. The Kier molecular flexibility index (Phi) is 2.22. The summed E-state index contributed by atoms with van der Waals surface area (Å²) in [7, 11) is 0. The standard InChI is InChI=1S/C17H17NO/c19-16(14-10-17(11-14)7-8-17)18-15-6-5-12-3-1-2-4-13(12)9-15/h1-6,9,14H,7-8,10-11H2,(H,18,19). The molecular formula is C17H17NO. The molecule has 0 saturated heterocycles. The molecule has 0 aliphatic heterocycles. The van der Waals surface area contributed by atoms with Gasteiger partial charge in [0.25, 0.3) is 0 Å². The van der Waals surface area contributed by atoms with Gasteiger partial charge in [-0.3, -0.25) is 4.79 Å². The fraction of sp³-hybridized carbons (Fsp3) is 0.353. The van der Waals surface area contributed by atoms with E-state index in [-0.39, 0.29) is 11.8 Å². The Morgan fingerprint density at radius 2 is 1.79 bits per heavy atom. The van der Waals surface area contributed by atoms with Crippen LogP contribution in [-0.2, 0) is 4.79 Å². The number of carbonyl (C=O) groups is 1. The van der Waals surface area contributed by atoms with Gasteiger partial charge in [-0.2, -0.15) is 0 Å². The molecule has 2 aliphatic rings. The van der Waals surface area contributed by atoms with Gasteiger partial charge < -0.3 is 5.32 Å². The van der Waals surface area contributed by atoms with Gasteiger partial charge in [0, 0.05) is 11.6 Å². The number of rotatable bonds is 2. The van der Waals surface area contributed by atoms with Crippen LogP contribution in [0.2, 0.25) is 0 Å². The van der Waals surface area contributed by atoms with Crippen molar-refractivity contribution < 1.29 is 4.79 Å². The van der Waals surface area contributed by atoms with E-state index in [1.165, 1.54) is 23.6 Å². The molecule has 1 N–H and O–H groups in total. The summed E-state index contributed by atoms with van der Waals surface area (Å²) in [6.07, 6.45) is 4.89. The summed E-state index contributed by atoms with van der Waals surface area (Å²) in [5, 5.41) is 5.45. The first-order valence-electron chi connectivity index (χ1n) is 7.04. The summed E-state index contributed by atoms with van der Waals surface area (Å²) >= 11 is 0. The maximum absolute atomic E-state index is 12.1. The SMILES string of the molecule is O=C(Nc1ccc2ccccc2c1)C1CC2(CC2)C1. The molecule has 96 valence electrons. The molecule has 2 aliphatic carbocycles. The summed E-state index contributed by atoms with van der Waals surface area (Å²) in [5.74, 6) is 0.446. The minimum atomic E-state index is 0.202. The number of benzene rings is 2. The first-order chi connectivity index (χ1) is 9.24. The lowest BCUT2D eigenvalue weighted by Gasteiger charge is -2.34. The Balaban J connectivity index is 1.50. The van der Waals surface area contributed by atoms with Crippen LogP contribution in [0.25, 0.3) is 10.8 Å². The van der Waals surface area contributed by atoms with E-state index in [4.69, 9.17) is 0 Å². The van der Waals surface area contributed by atoms with Crippen molar-refractivity contribution in [2.45, 2.75) is 25.7 Å². The summed E-state index contributed by atoms with van der Waals surface area (Å²) in [4.78, 5) is 12.1. The molecule has 2 aromatic rings. The molecule has 2 aromatic carbocycles. The number of hydrogen-bond donors (Lipinski definition) is 1. The monoisotopic (exact) mass is 251 g/mol. The van der Waals surface area contributed by atoms with Crippen molar-refractivity contribution in [3.05, 3.63) is 42.5 Å². The van der Waals surface area contributed by atoms with Crippen LogP contribution < -0.4 is 5.32 Å².